The Balaban J connectivity index is 0.000000583. The summed E-state index contributed by atoms with van der Waals surface area (Å²) in [4.78, 5) is 0. The minimum Gasteiger partial charge on any atom is -0.181 e. The van der Waals surface area contributed by atoms with Crippen molar-refractivity contribution in [3.05, 3.63) is 0 Å². The van der Waals surface area contributed by atoms with E-state index in [2.05, 4.69) is 0 Å². The molecule has 1 fully saturated rings. The maximum atomic E-state index is 5.88. The molecule has 0 unspecified atom stereocenters. The van der Waals surface area contributed by atoms with Crippen LogP contribution in [0.15, 0.2) is 0 Å². The summed E-state index contributed by atoms with van der Waals surface area (Å²) in [5, 5.41) is -2.62. The summed E-state index contributed by atoms with van der Waals surface area (Å²) in [6.45, 7) is 0. The second-order valence-corrected chi connectivity index (χ2v) is 12.9. The molecule has 0 aliphatic heterocycles. The van der Waals surface area contributed by atoms with Gasteiger partial charge in [0.25, 0.3) is 0 Å². The van der Waals surface area contributed by atoms with Gasteiger partial charge in [0.15, 0.2) is 0 Å². The first kappa shape index (κ1) is 17.5. The Morgan fingerprint density at radius 3 is 0.733 bits per heavy atom. The lowest BCUT2D eigenvalue weighted by molar-refractivity contribution is 0.544. The molecule has 0 atom stereocenters. The SMILES string of the molecule is Cl[C@H]1[C@H](Cl)[C@@H](Cl)[C@@H](Cl)[C@H](Cl)[C@H]1Cl.[SiH3][SiH2]Cl. The third kappa shape index (κ3) is 4.92. The number of alkyl halides is 6. The Morgan fingerprint density at radius 2 is 0.667 bits per heavy atom. The predicted octanol–water partition coefficient (Wildman–Crippen LogP) is 2.23. The third-order valence-electron chi connectivity index (χ3n) is 1.83. The molecule has 0 saturated heterocycles. The zero-order valence-corrected chi connectivity index (χ0v) is 16.5. The van der Waals surface area contributed by atoms with Crippen LogP contribution in [0, 0.1) is 0 Å². The van der Waals surface area contributed by atoms with Gasteiger partial charge in [-0.25, -0.2) is 0 Å². The van der Waals surface area contributed by atoms with Gasteiger partial charge in [0.05, 0.1) is 32.3 Å². The highest BCUT2D eigenvalue weighted by molar-refractivity contribution is 7.19. The molecule has 0 N–H and O–H groups in total. The van der Waals surface area contributed by atoms with Crippen LogP contribution in [-0.2, 0) is 0 Å². The van der Waals surface area contributed by atoms with Gasteiger partial charge in [-0.2, -0.15) is 11.1 Å². The predicted molar refractivity (Wildman–Crippen MR) is 82.2 cm³/mol. The van der Waals surface area contributed by atoms with E-state index in [9.17, 15) is 0 Å². The summed E-state index contributed by atoms with van der Waals surface area (Å²) in [6, 6.07) is 0. The first-order chi connectivity index (χ1) is 6.88. The van der Waals surface area contributed by atoms with Gasteiger partial charge < -0.3 is 0 Å². The van der Waals surface area contributed by atoms with Gasteiger partial charge in [0.2, 0.25) is 0 Å². The summed E-state index contributed by atoms with van der Waals surface area (Å²) >= 11 is 40.5. The normalized spacial score (nSPS) is 46.6. The van der Waals surface area contributed by atoms with E-state index in [0.29, 0.717) is 0 Å². The van der Waals surface area contributed by atoms with Crippen molar-refractivity contribution in [1.82, 2.24) is 0 Å². The van der Waals surface area contributed by atoms with Gasteiger partial charge in [-0.3, -0.25) is 0 Å². The number of halogens is 7. The molecule has 1 aliphatic carbocycles. The van der Waals surface area contributed by atoms with E-state index in [-0.39, 0.29) is 8.35 Å². The van der Waals surface area contributed by atoms with Crippen LogP contribution in [-0.4, -0.2) is 50.4 Å². The molecule has 0 aromatic carbocycles. The van der Waals surface area contributed by atoms with Crippen molar-refractivity contribution >= 4 is 98.8 Å². The first-order valence-electron chi connectivity index (χ1n) is 4.28. The second kappa shape index (κ2) is 8.55. The smallest absolute Gasteiger partial charge is 0.106 e. The zero-order chi connectivity index (χ0) is 12.2. The van der Waals surface area contributed by atoms with Crippen LogP contribution in [0.2, 0.25) is 0 Å². The summed E-state index contributed by atoms with van der Waals surface area (Å²) in [7, 11) is 1.30. The molecular weight excluding hydrogens is 376 g/mol. The van der Waals surface area contributed by atoms with E-state index in [1.54, 1.807) is 0 Å². The maximum absolute atomic E-state index is 5.88. The van der Waals surface area contributed by atoms with Crippen LogP contribution in [0.25, 0.3) is 0 Å². The number of hydrogen-bond acceptors (Lipinski definition) is 0. The van der Waals surface area contributed by atoms with Crippen molar-refractivity contribution in [3.8, 4) is 0 Å². The minimum absolute atomic E-state index is 0.0278. The van der Waals surface area contributed by atoms with E-state index in [0.717, 1.165) is 0 Å². The van der Waals surface area contributed by atoms with Crippen LogP contribution < -0.4 is 0 Å². The third-order valence-corrected chi connectivity index (χ3v) is 5.86. The summed E-state index contributed by atoms with van der Waals surface area (Å²) < 4.78 is 0. The molecule has 1 saturated carbocycles. The number of hydrogen-bond donors (Lipinski definition) is 0. The van der Waals surface area contributed by atoms with Gasteiger partial charge in [0.1, 0.15) is 8.35 Å². The Bertz CT molecular complexity index is 124. The van der Waals surface area contributed by atoms with E-state index in [1.807, 2.05) is 0 Å². The van der Waals surface area contributed by atoms with Crippen molar-refractivity contribution in [2.24, 2.45) is 0 Å². The van der Waals surface area contributed by atoms with Gasteiger partial charge in [-0.15, -0.1) is 69.6 Å². The van der Waals surface area contributed by atoms with Crippen molar-refractivity contribution < 1.29 is 0 Å². The molecule has 1 aliphatic rings. The highest BCUT2D eigenvalue weighted by atomic mass is 35.6. The largest absolute Gasteiger partial charge is 0.181 e. The lowest BCUT2D eigenvalue weighted by Crippen LogP contribution is -2.52. The standard InChI is InChI=1S/C6H6Cl6.ClH5Si2/c7-1-2(8)4(10)6(12)5(11)3(1)9;1-3-2/h1-6H;3H2,2H3/t1-,2-,3-,4+,5+,6+;. The Hall–Kier alpha value is 2.46. The molecule has 92 valence electrons. The molecule has 0 aromatic heterocycles. The molecule has 1 rings (SSSR count). The highest BCUT2D eigenvalue weighted by Crippen LogP contribution is 2.39. The number of rotatable bonds is 0. The van der Waals surface area contributed by atoms with Crippen molar-refractivity contribution in [2.45, 2.75) is 32.3 Å². The minimum atomic E-state index is -0.437. The van der Waals surface area contributed by atoms with E-state index in [4.69, 9.17) is 80.7 Å². The van der Waals surface area contributed by atoms with E-state index >= 15 is 0 Å². The van der Waals surface area contributed by atoms with Crippen molar-refractivity contribution in [2.75, 3.05) is 0 Å². The molecule has 0 amide bonds. The molecule has 0 heterocycles. The quantitative estimate of drug-likeness (QED) is 0.340. The first-order valence-corrected chi connectivity index (χ1v) is 14.7. The maximum Gasteiger partial charge on any atom is 0.106 e. The molecule has 0 nitrogen and oxygen atoms in total. The van der Waals surface area contributed by atoms with Gasteiger partial charge in [0, 0.05) is 9.76 Å². The molecule has 9 heteroatoms. The lowest BCUT2D eigenvalue weighted by Gasteiger charge is -2.37. The summed E-state index contributed by atoms with van der Waals surface area (Å²) in [5.41, 5.74) is 0. The van der Waals surface area contributed by atoms with Crippen LogP contribution >= 0.6 is 80.7 Å². The molecule has 0 aromatic rings. The van der Waals surface area contributed by atoms with Gasteiger partial charge >= 0.3 is 0 Å². The van der Waals surface area contributed by atoms with Crippen LogP contribution in [0.4, 0.5) is 0 Å². The van der Waals surface area contributed by atoms with Crippen LogP contribution in [0.3, 0.4) is 0 Å². The van der Waals surface area contributed by atoms with E-state index in [1.165, 1.54) is 9.76 Å². The fraction of sp³-hybridized carbons (Fsp3) is 1.00. The highest BCUT2D eigenvalue weighted by Gasteiger charge is 2.46. The summed E-state index contributed by atoms with van der Waals surface area (Å²) in [5.74, 6) is 0. The fourth-order valence-corrected chi connectivity index (χ4v) is 3.38. The molecule has 0 spiro atoms. The Morgan fingerprint density at radius 1 is 0.600 bits per heavy atom. The molecule has 0 radical (unpaired) electrons. The zero-order valence-electron chi connectivity index (χ0n) is 7.82. The fourth-order valence-electron chi connectivity index (χ4n) is 1.05. The average Bonchev–Trinajstić information content (AvgIpc) is 2.22. The Kier molecular flexibility index (Phi) is 9.95. The topological polar surface area (TPSA) is 0 Å². The Labute approximate surface area is 130 Å². The van der Waals surface area contributed by atoms with E-state index < -0.39 is 32.3 Å². The van der Waals surface area contributed by atoms with Crippen molar-refractivity contribution in [3.63, 3.8) is 0 Å². The average molecular weight is 387 g/mol. The van der Waals surface area contributed by atoms with Crippen molar-refractivity contribution in [1.29, 1.82) is 0 Å². The van der Waals surface area contributed by atoms with Crippen LogP contribution in [0.5, 0.6) is 0 Å². The van der Waals surface area contributed by atoms with Crippen LogP contribution in [0.1, 0.15) is 0 Å². The molecule has 15 heavy (non-hydrogen) atoms. The second-order valence-electron chi connectivity index (χ2n) is 2.93. The monoisotopic (exact) mass is 384 g/mol. The molecule has 0 bridgehead atoms. The van der Waals surface area contributed by atoms with Gasteiger partial charge in [-0.05, 0) is 0 Å². The molecular formula is C6H11Cl7Si2. The lowest BCUT2D eigenvalue weighted by atomic mass is 9.97. The van der Waals surface area contributed by atoms with Gasteiger partial charge in [-0.1, -0.05) is 0 Å². The summed E-state index contributed by atoms with van der Waals surface area (Å²) in [6.07, 6.45) is 0.